The van der Waals surface area contributed by atoms with E-state index in [1.807, 2.05) is 67.6 Å². The lowest BCUT2D eigenvalue weighted by molar-refractivity contribution is 0.473. The van der Waals surface area contributed by atoms with Gasteiger partial charge in [-0.05, 0) is 44.5 Å². The molecule has 4 rings (SSSR count). The summed E-state index contributed by atoms with van der Waals surface area (Å²) in [7, 11) is 0. The number of aromatic nitrogens is 4. The van der Waals surface area contributed by atoms with E-state index >= 15 is 0 Å². The van der Waals surface area contributed by atoms with Crippen LogP contribution in [0.5, 0.6) is 23.0 Å². The van der Waals surface area contributed by atoms with E-state index in [0.29, 0.717) is 28.8 Å². The first-order valence-electron chi connectivity index (χ1n) is 11.5. The van der Waals surface area contributed by atoms with E-state index in [2.05, 4.69) is 32.2 Å². The second kappa shape index (κ2) is 17.4. The Morgan fingerprint density at radius 2 is 1.18 bits per heavy atom. The summed E-state index contributed by atoms with van der Waals surface area (Å²) in [4.78, 5) is 16.2. The summed E-state index contributed by atoms with van der Waals surface area (Å²) >= 11 is 5.93. The van der Waals surface area contributed by atoms with Crippen LogP contribution in [0.2, 0.25) is 5.15 Å². The zero-order valence-electron chi connectivity index (χ0n) is 20.5. The standard InChI is InChI=1S/C15H20N4O.C11H10ClN3O.3CH4/c1-3-4-10-17-14-13(11(2)18-15(16)19-14)20-12-8-6-5-7-9-12;1-7-9(10(12)15-11(13)14-7)16-8-5-3-2-4-6-8;;;/h5-9H,3-4,10H2,1-2H3,(H3,16,17,18,19);2-6H,1H3,(H2,13,14,15);3*1H4. The molecule has 39 heavy (non-hydrogen) atoms. The second-order valence-electron chi connectivity index (χ2n) is 7.74. The Bertz CT molecular complexity index is 1240. The lowest BCUT2D eigenvalue weighted by atomic mass is 10.3. The van der Waals surface area contributed by atoms with Crippen molar-refractivity contribution in [1.29, 1.82) is 0 Å². The lowest BCUT2D eigenvalue weighted by Gasteiger charge is -2.14. The number of aryl methyl sites for hydroxylation is 2. The molecule has 2 aromatic heterocycles. The van der Waals surface area contributed by atoms with Crippen molar-refractivity contribution < 1.29 is 9.47 Å². The molecule has 0 aliphatic rings. The monoisotopic (exact) mass is 555 g/mol. The molecule has 212 valence electrons. The predicted octanol–water partition coefficient (Wildman–Crippen LogP) is 8.09. The minimum absolute atomic E-state index is 0. The molecular formula is C29H42ClN7O2. The highest BCUT2D eigenvalue weighted by atomic mass is 35.5. The molecular weight excluding hydrogens is 514 g/mol. The molecule has 0 aliphatic carbocycles. The van der Waals surface area contributed by atoms with Crippen LogP contribution in [-0.2, 0) is 0 Å². The number of nitrogen functional groups attached to an aromatic ring is 2. The number of nitrogens with one attached hydrogen (secondary N) is 1. The number of nitrogens with zero attached hydrogens (tertiary/aromatic N) is 4. The van der Waals surface area contributed by atoms with Crippen molar-refractivity contribution in [3.8, 4) is 23.0 Å². The van der Waals surface area contributed by atoms with Gasteiger partial charge in [0.15, 0.2) is 22.5 Å². The van der Waals surface area contributed by atoms with Crippen LogP contribution in [0, 0.1) is 13.8 Å². The van der Waals surface area contributed by atoms with Crippen molar-refractivity contribution in [3.05, 3.63) is 77.2 Å². The average molecular weight is 556 g/mol. The molecule has 2 aromatic carbocycles. The minimum Gasteiger partial charge on any atom is -0.452 e. The maximum absolute atomic E-state index is 5.93. The molecule has 9 nitrogen and oxygen atoms in total. The molecule has 0 aliphatic heterocycles. The Morgan fingerprint density at radius 1 is 0.718 bits per heavy atom. The zero-order chi connectivity index (χ0) is 25.9. The highest BCUT2D eigenvalue weighted by molar-refractivity contribution is 6.31. The summed E-state index contributed by atoms with van der Waals surface area (Å²) in [5, 5.41) is 3.48. The number of hydrogen-bond acceptors (Lipinski definition) is 9. The van der Waals surface area contributed by atoms with Crippen LogP contribution in [0.1, 0.15) is 53.4 Å². The van der Waals surface area contributed by atoms with Gasteiger partial charge in [-0.1, -0.05) is 83.6 Å². The normalized spacial score (nSPS) is 9.44. The fraction of sp³-hybridized carbons (Fsp3) is 0.310. The van der Waals surface area contributed by atoms with Crippen LogP contribution in [-0.4, -0.2) is 26.5 Å². The molecule has 0 atom stereocenters. The third-order valence-corrected chi connectivity index (χ3v) is 5.07. The number of rotatable bonds is 8. The maximum Gasteiger partial charge on any atom is 0.222 e. The predicted molar refractivity (Wildman–Crippen MR) is 164 cm³/mol. The van der Waals surface area contributed by atoms with Crippen LogP contribution in [0.25, 0.3) is 0 Å². The number of hydrogen-bond donors (Lipinski definition) is 3. The van der Waals surface area contributed by atoms with Crippen molar-refractivity contribution in [2.75, 3.05) is 23.3 Å². The van der Waals surface area contributed by atoms with Gasteiger partial charge in [-0.3, -0.25) is 0 Å². The Kier molecular flexibility index (Phi) is 15.6. The first-order chi connectivity index (χ1) is 17.4. The number of halogens is 1. The number of benzene rings is 2. The quantitative estimate of drug-likeness (QED) is 0.145. The van der Waals surface area contributed by atoms with Gasteiger partial charge < -0.3 is 26.3 Å². The van der Waals surface area contributed by atoms with Crippen LogP contribution in [0.15, 0.2) is 60.7 Å². The Morgan fingerprint density at radius 3 is 1.67 bits per heavy atom. The summed E-state index contributed by atoms with van der Waals surface area (Å²) in [6.07, 6.45) is 2.18. The third kappa shape index (κ3) is 10.6. The Balaban J connectivity index is 0.000000701. The molecule has 0 bridgehead atoms. The van der Waals surface area contributed by atoms with Crippen LogP contribution in [0.4, 0.5) is 17.7 Å². The van der Waals surface area contributed by atoms with Gasteiger partial charge in [-0.15, -0.1) is 0 Å². The molecule has 4 aromatic rings. The molecule has 0 fully saturated rings. The van der Waals surface area contributed by atoms with E-state index in [9.17, 15) is 0 Å². The average Bonchev–Trinajstić information content (AvgIpc) is 2.85. The van der Waals surface area contributed by atoms with Gasteiger partial charge in [0.25, 0.3) is 0 Å². The second-order valence-corrected chi connectivity index (χ2v) is 8.10. The minimum atomic E-state index is 0. The number of anilines is 3. The van der Waals surface area contributed by atoms with Crippen molar-refractivity contribution in [3.63, 3.8) is 0 Å². The van der Waals surface area contributed by atoms with E-state index < -0.39 is 0 Å². The summed E-state index contributed by atoms with van der Waals surface area (Å²) in [6, 6.07) is 18.9. The van der Waals surface area contributed by atoms with Crippen molar-refractivity contribution in [1.82, 2.24) is 19.9 Å². The summed E-state index contributed by atoms with van der Waals surface area (Å²) in [5.74, 6) is 3.53. The van der Waals surface area contributed by atoms with Gasteiger partial charge in [0.2, 0.25) is 11.9 Å². The highest BCUT2D eigenvalue weighted by Crippen LogP contribution is 2.32. The van der Waals surface area contributed by atoms with E-state index in [0.717, 1.165) is 30.8 Å². The SMILES string of the molecule is C.C.C.CCCCNc1nc(N)nc(C)c1Oc1ccccc1.Cc1nc(N)nc(Cl)c1Oc1ccccc1. The van der Waals surface area contributed by atoms with Crippen LogP contribution >= 0.6 is 11.6 Å². The van der Waals surface area contributed by atoms with Gasteiger partial charge >= 0.3 is 0 Å². The van der Waals surface area contributed by atoms with E-state index in [1.54, 1.807) is 6.92 Å². The van der Waals surface area contributed by atoms with E-state index in [1.165, 1.54) is 0 Å². The fourth-order valence-corrected chi connectivity index (χ4v) is 3.35. The lowest BCUT2D eigenvalue weighted by Crippen LogP contribution is -2.09. The Labute approximate surface area is 238 Å². The smallest absolute Gasteiger partial charge is 0.222 e. The molecule has 0 amide bonds. The maximum atomic E-state index is 5.93. The summed E-state index contributed by atoms with van der Waals surface area (Å²) in [5.41, 5.74) is 12.5. The molecule has 0 spiro atoms. The third-order valence-electron chi connectivity index (χ3n) is 4.81. The van der Waals surface area contributed by atoms with Crippen molar-refractivity contribution >= 4 is 29.3 Å². The van der Waals surface area contributed by atoms with Crippen molar-refractivity contribution in [2.45, 2.75) is 55.9 Å². The number of ether oxygens (including phenoxy) is 2. The largest absolute Gasteiger partial charge is 0.452 e. The van der Waals surface area contributed by atoms with Gasteiger partial charge in [0, 0.05) is 6.54 Å². The zero-order valence-corrected chi connectivity index (χ0v) is 21.3. The molecule has 0 radical (unpaired) electrons. The molecule has 0 saturated heterocycles. The number of para-hydroxylation sites is 2. The molecule has 10 heteroatoms. The van der Waals surface area contributed by atoms with Crippen LogP contribution in [0.3, 0.4) is 0 Å². The first-order valence-corrected chi connectivity index (χ1v) is 11.9. The van der Waals surface area contributed by atoms with Crippen molar-refractivity contribution in [2.24, 2.45) is 0 Å². The fourth-order valence-electron chi connectivity index (χ4n) is 3.09. The number of unbranched alkanes of at least 4 members (excludes halogenated alkanes) is 1. The molecule has 0 unspecified atom stereocenters. The van der Waals surface area contributed by atoms with Gasteiger partial charge in [0.1, 0.15) is 11.5 Å². The van der Waals surface area contributed by atoms with E-state index in [-0.39, 0.29) is 39.3 Å². The summed E-state index contributed by atoms with van der Waals surface area (Å²) < 4.78 is 11.5. The summed E-state index contributed by atoms with van der Waals surface area (Å²) in [6.45, 7) is 6.60. The topological polar surface area (TPSA) is 134 Å². The Hall–Kier alpha value is -4.11. The molecule has 2 heterocycles. The molecule has 5 N–H and O–H groups in total. The van der Waals surface area contributed by atoms with E-state index in [4.69, 9.17) is 32.5 Å². The van der Waals surface area contributed by atoms with Gasteiger partial charge in [-0.25, -0.2) is 9.97 Å². The van der Waals surface area contributed by atoms with Crippen LogP contribution < -0.4 is 26.3 Å². The highest BCUT2D eigenvalue weighted by Gasteiger charge is 2.13. The molecule has 0 saturated carbocycles. The van der Waals surface area contributed by atoms with Gasteiger partial charge in [-0.2, -0.15) is 9.97 Å². The van der Waals surface area contributed by atoms with Gasteiger partial charge in [0.05, 0.1) is 11.4 Å². The first kappa shape index (κ1) is 34.9. The number of nitrogens with two attached hydrogens (primary N) is 2.